The molecule has 3 amide bonds. The van der Waals surface area contributed by atoms with E-state index in [1.54, 1.807) is 26.3 Å². The highest BCUT2D eigenvalue weighted by molar-refractivity contribution is 7.92. The van der Waals surface area contributed by atoms with Crippen molar-refractivity contribution >= 4 is 33.8 Å². The van der Waals surface area contributed by atoms with E-state index in [4.69, 9.17) is 4.74 Å². The number of allylic oxidation sites excluding steroid dienone is 1. The van der Waals surface area contributed by atoms with Crippen LogP contribution >= 0.6 is 0 Å². The van der Waals surface area contributed by atoms with Gasteiger partial charge in [-0.05, 0) is 54.2 Å². The summed E-state index contributed by atoms with van der Waals surface area (Å²) in [6.45, 7) is 8.34. The number of methoxy groups -OCH3 is 1. The number of anilines is 2. The molecule has 0 saturated carbocycles. The SMILES string of the molecule is C/C=C\N(C(=O)NC=O)c1cc(-c2ccc3c(c2)CCN3S(C)(=O)=O)c(OC)c(C(C)(C)C)c1. The largest absolute Gasteiger partial charge is 0.496 e. The minimum atomic E-state index is -3.35. The van der Waals surface area contributed by atoms with Crippen molar-refractivity contribution in [2.75, 3.05) is 29.1 Å². The zero-order chi connectivity index (χ0) is 25.3. The summed E-state index contributed by atoms with van der Waals surface area (Å²) in [4.78, 5) is 24.9. The molecule has 1 heterocycles. The molecule has 3 rings (SSSR count). The Labute approximate surface area is 201 Å². The smallest absolute Gasteiger partial charge is 0.332 e. The maximum atomic E-state index is 12.6. The second kappa shape index (κ2) is 9.50. The van der Waals surface area contributed by atoms with Gasteiger partial charge in [0.05, 0.1) is 24.7 Å². The molecule has 8 nitrogen and oxygen atoms in total. The van der Waals surface area contributed by atoms with Gasteiger partial charge < -0.3 is 4.74 Å². The Morgan fingerprint density at radius 3 is 2.47 bits per heavy atom. The Balaban J connectivity index is 2.25. The summed E-state index contributed by atoms with van der Waals surface area (Å²) >= 11 is 0. The number of carbonyl (C=O) groups excluding carboxylic acids is 2. The molecule has 9 heteroatoms. The Hall–Kier alpha value is -3.33. The predicted octanol–water partition coefficient (Wildman–Crippen LogP) is 4.19. The van der Waals surface area contributed by atoms with E-state index in [0.717, 1.165) is 22.3 Å². The van der Waals surface area contributed by atoms with Gasteiger partial charge in [0.1, 0.15) is 5.75 Å². The van der Waals surface area contributed by atoms with Crippen LogP contribution in [0.15, 0.2) is 42.6 Å². The third-order valence-corrected chi connectivity index (χ3v) is 6.89. The molecule has 0 saturated heterocycles. The molecule has 1 aliphatic rings. The Morgan fingerprint density at radius 2 is 1.91 bits per heavy atom. The van der Waals surface area contributed by atoms with Crippen molar-refractivity contribution in [1.82, 2.24) is 5.32 Å². The number of rotatable bonds is 6. The van der Waals surface area contributed by atoms with Crippen LogP contribution in [0.1, 0.15) is 38.8 Å². The standard InChI is InChI=1S/C25H31N3O5S/c1-7-11-27(24(30)26-16-29)19-14-20(23(33-5)21(15-19)25(2,3)4)17-8-9-22-18(13-17)10-12-28(22)34(6,31)32/h7-9,11,13-16H,10,12H2,1-6H3,(H,26,29,30)/b11-7-. The van der Waals surface area contributed by atoms with Gasteiger partial charge in [-0.1, -0.05) is 32.9 Å². The average molecular weight is 486 g/mol. The van der Waals surface area contributed by atoms with E-state index in [0.29, 0.717) is 36.5 Å². The van der Waals surface area contributed by atoms with Crippen LogP contribution < -0.4 is 19.3 Å². The molecule has 0 aromatic heterocycles. The lowest BCUT2D eigenvalue weighted by atomic mass is 9.83. The first-order valence-corrected chi connectivity index (χ1v) is 12.8. The van der Waals surface area contributed by atoms with Crippen LogP contribution in [0, 0.1) is 0 Å². The highest BCUT2D eigenvalue weighted by Crippen LogP contribution is 2.44. The number of sulfonamides is 1. The molecule has 1 aliphatic heterocycles. The fourth-order valence-electron chi connectivity index (χ4n) is 4.17. The number of urea groups is 1. The van der Waals surface area contributed by atoms with E-state index >= 15 is 0 Å². The molecular weight excluding hydrogens is 454 g/mol. The molecule has 0 radical (unpaired) electrons. The van der Waals surface area contributed by atoms with Crippen LogP contribution in [0.4, 0.5) is 16.2 Å². The number of hydrogen-bond donors (Lipinski definition) is 1. The molecule has 1 N–H and O–H groups in total. The number of hydrogen-bond acceptors (Lipinski definition) is 5. The Bertz CT molecular complexity index is 1250. The zero-order valence-electron chi connectivity index (χ0n) is 20.4. The first kappa shape index (κ1) is 25.3. The van der Waals surface area contributed by atoms with Crippen molar-refractivity contribution in [3.05, 3.63) is 53.7 Å². The van der Waals surface area contributed by atoms with Gasteiger partial charge in [-0.25, -0.2) is 13.2 Å². The first-order chi connectivity index (χ1) is 15.9. The fraction of sp³-hybridized carbons (Fsp3) is 0.360. The lowest BCUT2D eigenvalue weighted by Gasteiger charge is -2.28. The summed E-state index contributed by atoms with van der Waals surface area (Å²) < 4.78 is 31.5. The maximum Gasteiger partial charge on any atom is 0.332 e. The van der Waals surface area contributed by atoms with Gasteiger partial charge in [0.2, 0.25) is 16.4 Å². The zero-order valence-corrected chi connectivity index (χ0v) is 21.2. The highest BCUT2D eigenvalue weighted by atomic mass is 32.2. The van der Waals surface area contributed by atoms with Crippen molar-refractivity contribution in [2.45, 2.75) is 39.5 Å². The van der Waals surface area contributed by atoms with Crippen molar-refractivity contribution in [1.29, 1.82) is 0 Å². The van der Waals surface area contributed by atoms with Crippen molar-refractivity contribution in [3.8, 4) is 16.9 Å². The predicted molar refractivity (Wildman–Crippen MR) is 135 cm³/mol. The van der Waals surface area contributed by atoms with Crippen molar-refractivity contribution < 1.29 is 22.7 Å². The van der Waals surface area contributed by atoms with Crippen LogP contribution in [-0.2, 0) is 26.7 Å². The van der Waals surface area contributed by atoms with Gasteiger partial charge in [-0.3, -0.25) is 19.3 Å². The van der Waals surface area contributed by atoms with E-state index in [9.17, 15) is 18.0 Å². The molecule has 0 spiro atoms. The third-order valence-electron chi connectivity index (χ3n) is 5.71. The van der Waals surface area contributed by atoms with Crippen molar-refractivity contribution in [2.24, 2.45) is 0 Å². The van der Waals surface area contributed by atoms with Gasteiger partial charge >= 0.3 is 6.03 Å². The number of benzene rings is 2. The van der Waals surface area contributed by atoms with Gasteiger partial charge in [-0.2, -0.15) is 0 Å². The lowest BCUT2D eigenvalue weighted by Crippen LogP contribution is -2.36. The van der Waals surface area contributed by atoms with Crippen LogP contribution in [0.2, 0.25) is 0 Å². The van der Waals surface area contributed by atoms with Crippen LogP contribution in [0.25, 0.3) is 11.1 Å². The molecule has 0 aliphatic carbocycles. The van der Waals surface area contributed by atoms with E-state index < -0.39 is 16.1 Å². The number of amides is 3. The summed E-state index contributed by atoms with van der Waals surface area (Å²) in [5.41, 5.74) is 4.34. The second-order valence-corrected chi connectivity index (χ2v) is 11.1. The van der Waals surface area contributed by atoms with Gasteiger partial charge in [0.25, 0.3) is 0 Å². The molecule has 0 bridgehead atoms. The minimum absolute atomic E-state index is 0.317. The number of nitrogens with one attached hydrogen (secondary N) is 1. The summed E-state index contributed by atoms with van der Waals surface area (Å²) in [5, 5.41) is 2.19. The number of fused-ring (bicyclic) bond motifs is 1. The lowest BCUT2D eigenvalue weighted by molar-refractivity contribution is -0.108. The molecular formula is C25H31N3O5S. The number of ether oxygens (including phenoxy) is 1. The summed E-state index contributed by atoms with van der Waals surface area (Å²) in [7, 11) is -1.74. The Morgan fingerprint density at radius 1 is 1.21 bits per heavy atom. The topological polar surface area (TPSA) is 96.0 Å². The van der Waals surface area contributed by atoms with Crippen LogP contribution in [-0.4, -0.2) is 40.8 Å². The number of carbonyl (C=O) groups is 2. The summed E-state index contributed by atoms with van der Waals surface area (Å²) in [5.74, 6) is 0.672. The van der Waals surface area contributed by atoms with E-state index in [-0.39, 0.29) is 5.41 Å². The molecule has 34 heavy (non-hydrogen) atoms. The quantitative estimate of drug-likeness (QED) is 0.619. The van der Waals surface area contributed by atoms with Crippen LogP contribution in [0.3, 0.4) is 0 Å². The second-order valence-electron chi connectivity index (χ2n) is 9.17. The highest BCUT2D eigenvalue weighted by Gasteiger charge is 2.29. The monoisotopic (exact) mass is 485 g/mol. The minimum Gasteiger partial charge on any atom is -0.496 e. The maximum absolute atomic E-state index is 12.6. The van der Waals surface area contributed by atoms with Gasteiger partial charge in [0, 0.05) is 23.9 Å². The average Bonchev–Trinajstić information content (AvgIpc) is 3.20. The molecule has 0 unspecified atom stereocenters. The normalized spacial score (nSPS) is 13.6. The molecule has 0 atom stereocenters. The molecule has 2 aromatic rings. The van der Waals surface area contributed by atoms with Crippen molar-refractivity contribution in [3.63, 3.8) is 0 Å². The number of nitrogens with zero attached hydrogens (tertiary/aromatic N) is 2. The molecule has 0 fully saturated rings. The summed E-state index contributed by atoms with van der Waals surface area (Å²) in [6, 6.07) is 8.78. The summed E-state index contributed by atoms with van der Waals surface area (Å²) in [6.07, 6.45) is 5.46. The number of imide groups is 1. The van der Waals surface area contributed by atoms with E-state index in [1.165, 1.54) is 15.5 Å². The molecule has 182 valence electrons. The van der Waals surface area contributed by atoms with Crippen LogP contribution in [0.5, 0.6) is 5.75 Å². The van der Waals surface area contributed by atoms with Gasteiger partial charge in [0.15, 0.2) is 0 Å². The molecule has 2 aromatic carbocycles. The van der Waals surface area contributed by atoms with E-state index in [1.807, 2.05) is 30.3 Å². The Kier molecular flexibility index (Phi) is 7.07. The third kappa shape index (κ3) is 4.94. The van der Waals surface area contributed by atoms with Gasteiger partial charge in [-0.15, -0.1) is 0 Å². The fourth-order valence-corrected chi connectivity index (χ4v) is 5.13. The van der Waals surface area contributed by atoms with E-state index in [2.05, 4.69) is 26.1 Å². The first-order valence-electron chi connectivity index (χ1n) is 10.9.